The average Bonchev–Trinajstić information content (AvgIpc) is 2.69. The smallest absolute Gasteiger partial charge is 0.387 e. The van der Waals surface area contributed by atoms with E-state index in [0.29, 0.717) is 42.3 Å². The number of piperazine rings is 1. The fourth-order valence-electron chi connectivity index (χ4n) is 3.01. The molecule has 1 saturated heterocycles. The number of hydrogen-bond donors (Lipinski definition) is 0. The summed E-state index contributed by atoms with van der Waals surface area (Å²) in [6.07, 6.45) is 0.167. The molecule has 1 aliphatic rings. The van der Waals surface area contributed by atoms with Gasteiger partial charge in [0.1, 0.15) is 5.75 Å². The van der Waals surface area contributed by atoms with Crippen LogP contribution in [0.1, 0.15) is 15.9 Å². The van der Waals surface area contributed by atoms with Crippen LogP contribution in [0.3, 0.4) is 0 Å². The highest BCUT2D eigenvalue weighted by Gasteiger charge is 2.24. The Morgan fingerprint density at radius 3 is 2.07 bits per heavy atom. The van der Waals surface area contributed by atoms with Crippen molar-refractivity contribution in [2.24, 2.45) is 0 Å². The zero-order chi connectivity index (χ0) is 20.1. The van der Waals surface area contributed by atoms with Gasteiger partial charge in [-0.25, -0.2) is 0 Å². The van der Waals surface area contributed by atoms with E-state index in [1.165, 1.54) is 12.1 Å². The fraction of sp³-hybridized carbons (Fsp3) is 0.300. The number of carbonyl (C=O) groups is 2. The molecular weight excluding hydrogens is 390 g/mol. The van der Waals surface area contributed by atoms with Crippen molar-refractivity contribution in [3.05, 3.63) is 64.7 Å². The van der Waals surface area contributed by atoms with E-state index in [1.807, 2.05) is 0 Å². The van der Waals surface area contributed by atoms with Crippen molar-refractivity contribution in [1.29, 1.82) is 0 Å². The molecule has 0 aromatic heterocycles. The molecule has 5 nitrogen and oxygen atoms in total. The third-order valence-electron chi connectivity index (χ3n) is 4.51. The van der Waals surface area contributed by atoms with Crippen LogP contribution in [0.25, 0.3) is 0 Å². The largest absolute Gasteiger partial charge is 0.435 e. The molecule has 28 heavy (non-hydrogen) atoms. The maximum atomic E-state index is 12.5. The minimum absolute atomic E-state index is 0.0560. The Bertz CT molecular complexity index is 820. The molecule has 2 aromatic carbocycles. The van der Waals surface area contributed by atoms with Crippen molar-refractivity contribution >= 4 is 23.4 Å². The van der Waals surface area contributed by atoms with Crippen LogP contribution < -0.4 is 4.74 Å². The first-order chi connectivity index (χ1) is 13.4. The summed E-state index contributed by atoms with van der Waals surface area (Å²) in [5.41, 5.74) is 1.28. The van der Waals surface area contributed by atoms with Gasteiger partial charge in [-0.1, -0.05) is 23.7 Å². The van der Waals surface area contributed by atoms with Gasteiger partial charge in [0.15, 0.2) is 0 Å². The number of amides is 2. The molecule has 0 unspecified atom stereocenters. The maximum Gasteiger partial charge on any atom is 0.387 e. The van der Waals surface area contributed by atoms with Gasteiger partial charge in [0, 0.05) is 36.8 Å². The number of rotatable bonds is 5. The van der Waals surface area contributed by atoms with E-state index in [4.69, 9.17) is 11.6 Å². The monoisotopic (exact) mass is 408 g/mol. The minimum Gasteiger partial charge on any atom is -0.435 e. The van der Waals surface area contributed by atoms with Crippen molar-refractivity contribution in [1.82, 2.24) is 9.80 Å². The number of halogens is 3. The molecule has 0 atom stereocenters. The number of nitrogens with zero attached hydrogens (tertiary/aromatic N) is 2. The molecule has 2 aromatic rings. The van der Waals surface area contributed by atoms with Gasteiger partial charge in [0.2, 0.25) is 5.91 Å². The number of carbonyl (C=O) groups excluding carboxylic acids is 2. The second-order valence-corrected chi connectivity index (χ2v) is 6.82. The lowest BCUT2D eigenvalue weighted by Gasteiger charge is -2.35. The Labute approximate surface area is 166 Å². The lowest BCUT2D eigenvalue weighted by Crippen LogP contribution is -2.51. The van der Waals surface area contributed by atoms with Crippen LogP contribution in [0.4, 0.5) is 8.78 Å². The molecule has 2 amide bonds. The Balaban J connectivity index is 1.50. The minimum atomic E-state index is -2.88. The van der Waals surface area contributed by atoms with Crippen LogP contribution in [0.15, 0.2) is 48.5 Å². The Morgan fingerprint density at radius 1 is 0.929 bits per heavy atom. The molecule has 0 radical (unpaired) electrons. The zero-order valence-corrected chi connectivity index (χ0v) is 15.7. The number of ether oxygens (including phenoxy) is 1. The highest BCUT2D eigenvalue weighted by atomic mass is 35.5. The molecule has 8 heteroatoms. The summed E-state index contributed by atoms with van der Waals surface area (Å²) in [6, 6.07) is 12.7. The molecule has 0 N–H and O–H groups in total. The lowest BCUT2D eigenvalue weighted by molar-refractivity contribution is -0.131. The van der Waals surface area contributed by atoms with E-state index in [1.54, 1.807) is 46.2 Å². The maximum absolute atomic E-state index is 12.5. The van der Waals surface area contributed by atoms with Gasteiger partial charge in [0.05, 0.1) is 6.42 Å². The van der Waals surface area contributed by atoms with Gasteiger partial charge in [-0.05, 0) is 42.0 Å². The SMILES string of the molecule is O=C(Cc1ccc(OC(F)F)cc1)N1CCN(C(=O)c2ccc(Cl)cc2)CC1. The van der Waals surface area contributed by atoms with Crippen LogP contribution in [0.2, 0.25) is 5.02 Å². The molecule has 148 valence electrons. The van der Waals surface area contributed by atoms with E-state index >= 15 is 0 Å². The second-order valence-electron chi connectivity index (χ2n) is 6.38. The lowest BCUT2D eigenvalue weighted by atomic mass is 10.1. The molecule has 0 saturated carbocycles. The summed E-state index contributed by atoms with van der Waals surface area (Å²) in [7, 11) is 0. The van der Waals surface area contributed by atoms with Crippen LogP contribution in [0.5, 0.6) is 5.75 Å². The van der Waals surface area contributed by atoms with E-state index in [-0.39, 0.29) is 24.0 Å². The third-order valence-corrected chi connectivity index (χ3v) is 4.77. The van der Waals surface area contributed by atoms with Crippen LogP contribution in [0, 0.1) is 0 Å². The predicted molar refractivity (Wildman–Crippen MR) is 101 cm³/mol. The second kappa shape index (κ2) is 9.01. The Kier molecular flexibility index (Phi) is 6.46. The summed E-state index contributed by atoms with van der Waals surface area (Å²) in [6.45, 7) is -1.07. The standard InChI is InChI=1S/C20H19ClF2N2O3/c21-16-5-3-15(4-6-16)19(27)25-11-9-24(10-12-25)18(26)13-14-1-7-17(8-2-14)28-20(22)23/h1-8,20H,9-13H2. The van der Waals surface area contributed by atoms with Crippen LogP contribution in [-0.4, -0.2) is 54.4 Å². The highest BCUT2D eigenvalue weighted by Crippen LogP contribution is 2.17. The number of alkyl halides is 2. The highest BCUT2D eigenvalue weighted by molar-refractivity contribution is 6.30. The van der Waals surface area contributed by atoms with E-state index < -0.39 is 6.61 Å². The Hall–Kier alpha value is -2.67. The Morgan fingerprint density at radius 2 is 1.50 bits per heavy atom. The molecule has 0 aliphatic carbocycles. The zero-order valence-electron chi connectivity index (χ0n) is 15.0. The third kappa shape index (κ3) is 5.19. The summed E-state index contributed by atoms with van der Waals surface area (Å²) in [4.78, 5) is 28.4. The molecule has 0 bridgehead atoms. The summed E-state index contributed by atoms with van der Waals surface area (Å²) in [5, 5.41) is 0.570. The topological polar surface area (TPSA) is 49.9 Å². The van der Waals surface area contributed by atoms with Gasteiger partial charge < -0.3 is 14.5 Å². The van der Waals surface area contributed by atoms with Crippen molar-refractivity contribution in [3.8, 4) is 5.75 Å². The van der Waals surface area contributed by atoms with Crippen LogP contribution in [-0.2, 0) is 11.2 Å². The molecule has 1 aliphatic heterocycles. The van der Waals surface area contributed by atoms with E-state index in [0.717, 1.165) is 0 Å². The van der Waals surface area contributed by atoms with Crippen molar-refractivity contribution in [2.75, 3.05) is 26.2 Å². The first kappa shape index (κ1) is 20.1. The predicted octanol–water partition coefficient (Wildman–Crippen LogP) is 3.47. The first-order valence-electron chi connectivity index (χ1n) is 8.79. The number of benzene rings is 2. The molecule has 3 rings (SSSR count). The van der Waals surface area contributed by atoms with Crippen molar-refractivity contribution in [2.45, 2.75) is 13.0 Å². The van der Waals surface area contributed by atoms with Gasteiger partial charge in [0.25, 0.3) is 5.91 Å². The molecule has 0 spiro atoms. The van der Waals surface area contributed by atoms with Gasteiger partial charge in [-0.3, -0.25) is 9.59 Å². The summed E-state index contributed by atoms with van der Waals surface area (Å²) >= 11 is 5.84. The van der Waals surface area contributed by atoms with E-state index in [2.05, 4.69) is 4.74 Å². The van der Waals surface area contributed by atoms with Gasteiger partial charge in [-0.2, -0.15) is 8.78 Å². The van der Waals surface area contributed by atoms with Crippen molar-refractivity contribution < 1.29 is 23.1 Å². The number of hydrogen-bond acceptors (Lipinski definition) is 3. The quantitative estimate of drug-likeness (QED) is 0.761. The van der Waals surface area contributed by atoms with Gasteiger partial charge in [-0.15, -0.1) is 0 Å². The summed E-state index contributed by atoms with van der Waals surface area (Å²) in [5.74, 6) is -0.0972. The normalized spacial score (nSPS) is 14.3. The molecular formula is C20H19ClF2N2O3. The fourth-order valence-corrected chi connectivity index (χ4v) is 3.14. The first-order valence-corrected chi connectivity index (χ1v) is 9.16. The average molecular weight is 409 g/mol. The van der Waals surface area contributed by atoms with E-state index in [9.17, 15) is 18.4 Å². The molecule has 1 fully saturated rings. The van der Waals surface area contributed by atoms with Crippen molar-refractivity contribution in [3.63, 3.8) is 0 Å². The molecule has 1 heterocycles. The van der Waals surface area contributed by atoms with Crippen LogP contribution >= 0.6 is 11.6 Å². The van der Waals surface area contributed by atoms with Gasteiger partial charge >= 0.3 is 6.61 Å². The summed E-state index contributed by atoms with van der Waals surface area (Å²) < 4.78 is 28.6.